The third-order valence-corrected chi connectivity index (χ3v) is 6.42. The fraction of sp³-hybridized carbons (Fsp3) is 0.238. The second kappa shape index (κ2) is 6.32. The van der Waals surface area contributed by atoms with Gasteiger partial charge in [-0.25, -0.2) is 8.42 Å². The standard InChI is InChI=1S/C21H22N2O2S/c1-23(2)20-10-4-9-19-18(20)8-5-11-21(19)26(24,25)22-17-13-12-15-6-3-7-16(15)14-17/h4-5,8-14,22H,3,6-7H2,1-2H3. The van der Waals surface area contributed by atoms with Crippen molar-refractivity contribution in [2.75, 3.05) is 23.7 Å². The van der Waals surface area contributed by atoms with Crippen molar-refractivity contribution in [2.24, 2.45) is 0 Å². The zero-order valence-corrected chi connectivity index (χ0v) is 15.8. The number of fused-ring (bicyclic) bond motifs is 2. The zero-order valence-electron chi connectivity index (χ0n) is 15.0. The monoisotopic (exact) mass is 366 g/mol. The molecular formula is C21H22N2O2S. The smallest absolute Gasteiger partial charge is 0.262 e. The van der Waals surface area contributed by atoms with Crippen LogP contribution in [0.5, 0.6) is 0 Å². The summed E-state index contributed by atoms with van der Waals surface area (Å²) < 4.78 is 28.9. The molecule has 0 saturated carbocycles. The first kappa shape index (κ1) is 16.9. The van der Waals surface area contributed by atoms with Gasteiger partial charge in [-0.15, -0.1) is 0 Å². The van der Waals surface area contributed by atoms with Crippen LogP contribution < -0.4 is 9.62 Å². The molecule has 3 aromatic carbocycles. The van der Waals surface area contributed by atoms with Crippen LogP contribution in [0.1, 0.15) is 17.5 Å². The molecule has 1 N–H and O–H groups in total. The maximum atomic E-state index is 13.1. The lowest BCUT2D eigenvalue weighted by atomic mass is 10.1. The number of benzene rings is 3. The molecule has 0 saturated heterocycles. The molecule has 0 aromatic heterocycles. The minimum absolute atomic E-state index is 0.305. The summed E-state index contributed by atoms with van der Waals surface area (Å²) in [6.45, 7) is 0. The van der Waals surface area contributed by atoms with Gasteiger partial charge in [0.05, 0.1) is 4.90 Å². The molecule has 1 aliphatic rings. The van der Waals surface area contributed by atoms with Gasteiger partial charge in [0.1, 0.15) is 0 Å². The highest BCUT2D eigenvalue weighted by molar-refractivity contribution is 7.93. The molecule has 1 aliphatic carbocycles. The molecular weight excluding hydrogens is 344 g/mol. The van der Waals surface area contributed by atoms with Gasteiger partial charge < -0.3 is 4.90 Å². The predicted octanol–water partition coefficient (Wildman–Crippen LogP) is 4.20. The van der Waals surface area contributed by atoms with Crippen LogP contribution in [0.4, 0.5) is 11.4 Å². The SMILES string of the molecule is CN(C)c1cccc2c(S(=O)(=O)Nc3ccc4c(c3)CCC4)cccc12. The van der Waals surface area contributed by atoms with E-state index in [1.165, 1.54) is 11.1 Å². The molecule has 0 unspecified atom stereocenters. The van der Waals surface area contributed by atoms with Crippen LogP contribution >= 0.6 is 0 Å². The molecule has 0 spiro atoms. The Kier molecular flexibility index (Phi) is 4.11. The minimum atomic E-state index is -3.67. The van der Waals surface area contributed by atoms with E-state index in [4.69, 9.17) is 0 Å². The van der Waals surface area contributed by atoms with Gasteiger partial charge in [0.2, 0.25) is 0 Å². The maximum Gasteiger partial charge on any atom is 0.262 e. The molecule has 0 atom stereocenters. The van der Waals surface area contributed by atoms with Crippen LogP contribution in [0.25, 0.3) is 10.8 Å². The summed E-state index contributed by atoms with van der Waals surface area (Å²) in [5.74, 6) is 0. The van der Waals surface area contributed by atoms with E-state index < -0.39 is 10.0 Å². The number of aryl methyl sites for hydroxylation is 2. The minimum Gasteiger partial charge on any atom is -0.377 e. The molecule has 134 valence electrons. The van der Waals surface area contributed by atoms with Crippen molar-refractivity contribution in [2.45, 2.75) is 24.2 Å². The van der Waals surface area contributed by atoms with Gasteiger partial charge >= 0.3 is 0 Å². The average Bonchev–Trinajstić information content (AvgIpc) is 3.08. The van der Waals surface area contributed by atoms with Crippen molar-refractivity contribution in [3.63, 3.8) is 0 Å². The number of nitrogens with zero attached hydrogens (tertiary/aromatic N) is 1. The van der Waals surface area contributed by atoms with Gasteiger partial charge in [-0.05, 0) is 54.7 Å². The van der Waals surface area contributed by atoms with Crippen LogP contribution in [0.2, 0.25) is 0 Å². The van der Waals surface area contributed by atoms with Gasteiger partial charge in [-0.3, -0.25) is 4.72 Å². The van der Waals surface area contributed by atoms with Crippen LogP contribution in [0.3, 0.4) is 0 Å². The molecule has 26 heavy (non-hydrogen) atoms. The summed E-state index contributed by atoms with van der Waals surface area (Å²) in [7, 11) is 0.246. The van der Waals surface area contributed by atoms with Crippen LogP contribution in [-0.4, -0.2) is 22.5 Å². The van der Waals surface area contributed by atoms with Gasteiger partial charge in [-0.1, -0.05) is 30.3 Å². The van der Waals surface area contributed by atoms with E-state index >= 15 is 0 Å². The first-order chi connectivity index (χ1) is 12.5. The highest BCUT2D eigenvalue weighted by Gasteiger charge is 2.20. The lowest BCUT2D eigenvalue weighted by Gasteiger charge is -2.17. The van der Waals surface area contributed by atoms with E-state index in [0.717, 1.165) is 35.7 Å². The summed E-state index contributed by atoms with van der Waals surface area (Å²) >= 11 is 0. The Morgan fingerprint density at radius 3 is 2.42 bits per heavy atom. The third kappa shape index (κ3) is 2.92. The first-order valence-electron chi connectivity index (χ1n) is 8.79. The van der Waals surface area contributed by atoms with E-state index in [2.05, 4.69) is 4.72 Å². The van der Waals surface area contributed by atoms with Crippen molar-refractivity contribution in [3.05, 3.63) is 65.7 Å². The molecule has 0 radical (unpaired) electrons. The average molecular weight is 366 g/mol. The molecule has 0 fully saturated rings. The van der Waals surface area contributed by atoms with Crippen LogP contribution in [0, 0.1) is 0 Å². The van der Waals surface area contributed by atoms with E-state index in [-0.39, 0.29) is 0 Å². The second-order valence-corrected chi connectivity index (χ2v) is 8.62. The van der Waals surface area contributed by atoms with Crippen molar-refractivity contribution >= 4 is 32.2 Å². The number of sulfonamides is 1. The second-order valence-electron chi connectivity index (χ2n) is 6.97. The summed E-state index contributed by atoms with van der Waals surface area (Å²) in [6, 6.07) is 17.0. The Bertz CT molecular complexity index is 1090. The van der Waals surface area contributed by atoms with Crippen molar-refractivity contribution < 1.29 is 8.42 Å². The third-order valence-electron chi connectivity index (χ3n) is 4.98. The summed E-state index contributed by atoms with van der Waals surface area (Å²) in [6.07, 6.45) is 3.24. The van der Waals surface area contributed by atoms with E-state index in [1.54, 1.807) is 12.1 Å². The van der Waals surface area contributed by atoms with Crippen LogP contribution in [0.15, 0.2) is 59.5 Å². The summed E-state index contributed by atoms with van der Waals surface area (Å²) in [4.78, 5) is 2.30. The Morgan fingerprint density at radius 2 is 1.62 bits per heavy atom. The van der Waals surface area contributed by atoms with E-state index in [1.807, 2.05) is 61.5 Å². The number of anilines is 2. The molecule has 0 bridgehead atoms. The maximum absolute atomic E-state index is 13.1. The Labute approximate surface area is 154 Å². The number of nitrogens with one attached hydrogen (secondary N) is 1. The summed E-state index contributed by atoms with van der Waals surface area (Å²) in [5.41, 5.74) is 4.20. The van der Waals surface area contributed by atoms with Gasteiger partial charge in [0, 0.05) is 36.2 Å². The van der Waals surface area contributed by atoms with Gasteiger partial charge in [-0.2, -0.15) is 0 Å². The number of rotatable bonds is 4. The first-order valence-corrected chi connectivity index (χ1v) is 10.3. The van der Waals surface area contributed by atoms with Crippen molar-refractivity contribution in [3.8, 4) is 0 Å². The highest BCUT2D eigenvalue weighted by Crippen LogP contribution is 2.32. The molecule has 4 nitrogen and oxygen atoms in total. The lowest BCUT2D eigenvalue weighted by Crippen LogP contribution is -2.14. The van der Waals surface area contributed by atoms with E-state index in [9.17, 15) is 8.42 Å². The van der Waals surface area contributed by atoms with Crippen molar-refractivity contribution in [1.29, 1.82) is 0 Å². The molecule has 0 heterocycles. The fourth-order valence-electron chi connectivity index (χ4n) is 3.73. The number of hydrogen-bond donors (Lipinski definition) is 1. The quantitative estimate of drug-likeness (QED) is 0.753. The number of hydrogen-bond acceptors (Lipinski definition) is 3. The highest BCUT2D eigenvalue weighted by atomic mass is 32.2. The topological polar surface area (TPSA) is 49.4 Å². The molecule has 5 heteroatoms. The Balaban J connectivity index is 1.78. The molecule has 0 amide bonds. The Hall–Kier alpha value is -2.53. The van der Waals surface area contributed by atoms with Gasteiger partial charge in [0.25, 0.3) is 10.0 Å². The fourth-order valence-corrected chi connectivity index (χ4v) is 5.01. The largest absolute Gasteiger partial charge is 0.377 e. The van der Waals surface area contributed by atoms with Gasteiger partial charge in [0.15, 0.2) is 0 Å². The van der Waals surface area contributed by atoms with E-state index in [0.29, 0.717) is 10.6 Å². The molecule has 0 aliphatic heterocycles. The van der Waals surface area contributed by atoms with Crippen LogP contribution in [-0.2, 0) is 22.9 Å². The van der Waals surface area contributed by atoms with Crippen molar-refractivity contribution in [1.82, 2.24) is 0 Å². The normalized spacial score (nSPS) is 13.6. The molecule has 4 rings (SSSR count). The summed E-state index contributed by atoms with van der Waals surface area (Å²) in [5, 5.41) is 1.65. The zero-order chi connectivity index (χ0) is 18.3. The predicted molar refractivity (Wildman–Crippen MR) is 108 cm³/mol. The lowest BCUT2D eigenvalue weighted by molar-refractivity contribution is 0.602. The Morgan fingerprint density at radius 1 is 0.885 bits per heavy atom. The molecule has 3 aromatic rings.